The molecule has 3 aromatic rings. The van der Waals surface area contributed by atoms with Crippen molar-refractivity contribution in [1.29, 1.82) is 0 Å². The van der Waals surface area contributed by atoms with Gasteiger partial charge in [0.1, 0.15) is 0 Å². The highest BCUT2D eigenvalue weighted by molar-refractivity contribution is 6.33. The summed E-state index contributed by atoms with van der Waals surface area (Å²) in [4.78, 5) is 4.35. The molecule has 0 bridgehead atoms. The van der Waals surface area contributed by atoms with Crippen LogP contribution in [-0.4, -0.2) is 10.1 Å². The van der Waals surface area contributed by atoms with Gasteiger partial charge in [-0.15, -0.1) is 0 Å². The summed E-state index contributed by atoms with van der Waals surface area (Å²) < 4.78 is 5.26. The second-order valence-electron chi connectivity index (χ2n) is 4.52. The number of halogens is 2. The van der Waals surface area contributed by atoms with E-state index in [1.165, 1.54) is 0 Å². The lowest BCUT2D eigenvalue weighted by Gasteiger charge is -2.01. The Morgan fingerprint density at radius 2 is 1.81 bits per heavy atom. The topological polar surface area (TPSA) is 64.9 Å². The van der Waals surface area contributed by atoms with E-state index in [2.05, 4.69) is 10.1 Å². The quantitative estimate of drug-likeness (QED) is 0.734. The molecule has 1 aromatic heterocycles. The molecule has 1 heterocycles. The van der Waals surface area contributed by atoms with E-state index in [1.54, 1.807) is 18.2 Å². The van der Waals surface area contributed by atoms with E-state index in [1.807, 2.05) is 24.3 Å². The first kappa shape index (κ1) is 13.9. The summed E-state index contributed by atoms with van der Waals surface area (Å²) in [6.07, 6.45) is 0.557. The molecular formula is C15H11Cl2N3O. The third-order valence-corrected chi connectivity index (χ3v) is 3.61. The minimum atomic E-state index is 0.360. The van der Waals surface area contributed by atoms with Gasteiger partial charge in [0, 0.05) is 11.4 Å². The smallest absolute Gasteiger partial charge is 0.260 e. The number of hydrogen-bond acceptors (Lipinski definition) is 4. The summed E-state index contributed by atoms with van der Waals surface area (Å²) in [5, 5.41) is 5.12. The third kappa shape index (κ3) is 3.01. The Morgan fingerprint density at radius 1 is 1.05 bits per heavy atom. The molecule has 21 heavy (non-hydrogen) atoms. The molecule has 0 aliphatic rings. The lowest BCUT2D eigenvalue weighted by molar-refractivity contribution is 0.424. The van der Waals surface area contributed by atoms with Gasteiger partial charge in [0.15, 0.2) is 5.82 Å². The molecule has 4 nitrogen and oxygen atoms in total. The van der Waals surface area contributed by atoms with E-state index in [0.29, 0.717) is 39.4 Å². The maximum absolute atomic E-state index is 5.99. The van der Waals surface area contributed by atoms with Crippen LogP contribution in [0.25, 0.3) is 11.5 Å². The van der Waals surface area contributed by atoms with Gasteiger partial charge in [-0.3, -0.25) is 0 Å². The number of nitrogen functional groups attached to an aromatic ring is 1. The van der Waals surface area contributed by atoms with Crippen molar-refractivity contribution in [3.05, 3.63) is 63.9 Å². The lowest BCUT2D eigenvalue weighted by Crippen LogP contribution is -1.93. The Morgan fingerprint density at radius 3 is 2.57 bits per heavy atom. The molecule has 0 aliphatic carbocycles. The SMILES string of the molecule is Nc1c(Cl)cccc1-c1nc(Cc2ccc(Cl)cc2)no1. The lowest BCUT2D eigenvalue weighted by atomic mass is 10.1. The molecule has 2 aromatic carbocycles. The predicted octanol–water partition coefficient (Wildman–Crippen LogP) is 4.22. The van der Waals surface area contributed by atoms with Crippen molar-refractivity contribution >= 4 is 28.9 Å². The Bertz CT molecular complexity index is 769. The van der Waals surface area contributed by atoms with Crippen molar-refractivity contribution in [2.75, 3.05) is 5.73 Å². The van der Waals surface area contributed by atoms with Crippen LogP contribution in [0.1, 0.15) is 11.4 Å². The number of hydrogen-bond donors (Lipinski definition) is 1. The minimum absolute atomic E-state index is 0.360. The van der Waals surface area contributed by atoms with Gasteiger partial charge in [-0.2, -0.15) is 4.98 Å². The van der Waals surface area contributed by atoms with Gasteiger partial charge >= 0.3 is 0 Å². The molecule has 2 N–H and O–H groups in total. The second kappa shape index (κ2) is 5.76. The highest BCUT2D eigenvalue weighted by atomic mass is 35.5. The van der Waals surface area contributed by atoms with Crippen molar-refractivity contribution in [3.63, 3.8) is 0 Å². The second-order valence-corrected chi connectivity index (χ2v) is 5.36. The zero-order valence-electron chi connectivity index (χ0n) is 10.9. The number of para-hydroxylation sites is 1. The van der Waals surface area contributed by atoms with Gasteiger partial charge in [0.25, 0.3) is 5.89 Å². The van der Waals surface area contributed by atoms with Gasteiger partial charge in [0.05, 0.1) is 16.3 Å². The van der Waals surface area contributed by atoms with E-state index in [0.717, 1.165) is 5.56 Å². The molecule has 106 valence electrons. The van der Waals surface area contributed by atoms with Gasteiger partial charge in [-0.05, 0) is 29.8 Å². The van der Waals surface area contributed by atoms with Crippen molar-refractivity contribution < 1.29 is 4.52 Å². The average Bonchev–Trinajstić information content (AvgIpc) is 2.93. The first-order valence-electron chi connectivity index (χ1n) is 6.25. The van der Waals surface area contributed by atoms with Crippen LogP contribution >= 0.6 is 23.2 Å². The van der Waals surface area contributed by atoms with Crippen LogP contribution in [0, 0.1) is 0 Å². The third-order valence-electron chi connectivity index (χ3n) is 3.03. The zero-order chi connectivity index (χ0) is 14.8. The van der Waals surface area contributed by atoms with Crippen molar-refractivity contribution in [1.82, 2.24) is 10.1 Å². The van der Waals surface area contributed by atoms with Crippen molar-refractivity contribution in [3.8, 4) is 11.5 Å². The van der Waals surface area contributed by atoms with E-state index >= 15 is 0 Å². The molecule has 0 fully saturated rings. The Labute approximate surface area is 131 Å². The number of rotatable bonds is 3. The number of anilines is 1. The maximum Gasteiger partial charge on any atom is 0.260 e. The van der Waals surface area contributed by atoms with Crippen LogP contribution in [0.15, 0.2) is 47.0 Å². The summed E-state index contributed by atoms with van der Waals surface area (Å²) in [6.45, 7) is 0. The Hall–Kier alpha value is -2.04. The Balaban J connectivity index is 1.86. The van der Waals surface area contributed by atoms with Crippen LogP contribution in [0.2, 0.25) is 10.0 Å². The summed E-state index contributed by atoms with van der Waals surface area (Å²) in [6, 6.07) is 12.8. The summed E-state index contributed by atoms with van der Waals surface area (Å²) >= 11 is 11.8. The maximum atomic E-state index is 5.99. The first-order valence-corrected chi connectivity index (χ1v) is 7.00. The standard InChI is InChI=1S/C15H11Cl2N3O/c16-10-6-4-9(5-7-10)8-13-19-15(21-20-13)11-2-1-3-12(17)14(11)18/h1-7H,8,18H2. The predicted molar refractivity (Wildman–Crippen MR) is 83.4 cm³/mol. The van der Waals surface area contributed by atoms with Crippen LogP contribution in [0.3, 0.4) is 0 Å². The van der Waals surface area contributed by atoms with E-state index in [4.69, 9.17) is 33.5 Å². The average molecular weight is 320 g/mol. The summed E-state index contributed by atoms with van der Waals surface area (Å²) in [5.41, 5.74) is 8.03. The minimum Gasteiger partial charge on any atom is -0.397 e. The van der Waals surface area contributed by atoms with Crippen molar-refractivity contribution in [2.24, 2.45) is 0 Å². The molecule has 0 radical (unpaired) electrons. The van der Waals surface area contributed by atoms with E-state index in [-0.39, 0.29) is 0 Å². The summed E-state index contributed by atoms with van der Waals surface area (Å²) in [7, 11) is 0. The molecule has 0 aliphatic heterocycles. The van der Waals surface area contributed by atoms with Gasteiger partial charge in [-0.25, -0.2) is 0 Å². The number of nitrogens with zero attached hydrogens (tertiary/aromatic N) is 2. The first-order chi connectivity index (χ1) is 10.1. The van der Waals surface area contributed by atoms with Crippen LogP contribution in [-0.2, 0) is 6.42 Å². The molecule has 0 spiro atoms. The molecule has 3 rings (SSSR count). The van der Waals surface area contributed by atoms with E-state index in [9.17, 15) is 0 Å². The number of nitrogens with two attached hydrogens (primary N) is 1. The fourth-order valence-electron chi connectivity index (χ4n) is 1.94. The van der Waals surface area contributed by atoms with E-state index < -0.39 is 0 Å². The largest absolute Gasteiger partial charge is 0.397 e. The highest BCUT2D eigenvalue weighted by Gasteiger charge is 2.13. The van der Waals surface area contributed by atoms with Crippen molar-refractivity contribution in [2.45, 2.75) is 6.42 Å². The fourth-order valence-corrected chi connectivity index (χ4v) is 2.24. The monoisotopic (exact) mass is 319 g/mol. The molecule has 0 amide bonds. The molecule has 6 heteroatoms. The van der Waals surface area contributed by atoms with Crippen LogP contribution in [0.5, 0.6) is 0 Å². The molecule has 0 atom stereocenters. The molecular weight excluding hydrogens is 309 g/mol. The molecule has 0 saturated heterocycles. The van der Waals surface area contributed by atoms with Crippen LogP contribution < -0.4 is 5.73 Å². The van der Waals surface area contributed by atoms with Gasteiger partial charge in [0.2, 0.25) is 0 Å². The highest BCUT2D eigenvalue weighted by Crippen LogP contribution is 2.30. The number of benzene rings is 2. The summed E-state index contributed by atoms with van der Waals surface area (Å²) in [5.74, 6) is 0.936. The van der Waals surface area contributed by atoms with Gasteiger partial charge < -0.3 is 10.3 Å². The fraction of sp³-hybridized carbons (Fsp3) is 0.0667. The zero-order valence-corrected chi connectivity index (χ0v) is 12.4. The van der Waals surface area contributed by atoms with Gasteiger partial charge in [-0.1, -0.05) is 46.6 Å². The normalized spacial score (nSPS) is 10.8. The van der Waals surface area contributed by atoms with Crippen LogP contribution in [0.4, 0.5) is 5.69 Å². The number of aromatic nitrogens is 2. The molecule has 0 saturated carbocycles. The Kier molecular flexibility index (Phi) is 3.82. The molecule has 0 unspecified atom stereocenters.